The Morgan fingerprint density at radius 2 is 1.77 bits per heavy atom. The maximum atomic E-state index is 14.0. The van der Waals surface area contributed by atoms with Gasteiger partial charge in [0.05, 0.1) is 12.1 Å². The van der Waals surface area contributed by atoms with Gasteiger partial charge in [0.2, 0.25) is 5.91 Å². The first-order valence-corrected chi connectivity index (χ1v) is 9.76. The van der Waals surface area contributed by atoms with Gasteiger partial charge in [-0.15, -0.1) is 0 Å². The van der Waals surface area contributed by atoms with Crippen molar-refractivity contribution in [2.45, 2.75) is 45.5 Å². The van der Waals surface area contributed by atoms with Crippen LogP contribution in [-0.4, -0.2) is 24.7 Å². The van der Waals surface area contributed by atoms with Gasteiger partial charge in [-0.2, -0.15) is 18.4 Å². The maximum Gasteiger partial charge on any atom is 0.407 e. The zero-order valence-corrected chi connectivity index (χ0v) is 17.3. The van der Waals surface area contributed by atoms with Gasteiger partial charge < -0.3 is 5.32 Å². The second-order valence-corrected chi connectivity index (χ2v) is 7.69. The Labute approximate surface area is 175 Å². The molecular weight excluding hydrogens is 391 g/mol. The standard InChI is InChI=1S/C23H26F3N3O/c1-15(2)13-20(22(30)28-12-11-27)29-21(23(24,25)26)19-6-4-5-18(14-19)17-9-7-16(3)8-10-17/h4-10,14-15,20-21,29H,12-13H2,1-3H3,(H,28,30)/t20-,21?/m0/s1. The third-order valence-electron chi connectivity index (χ3n) is 4.67. The Kier molecular flexibility index (Phi) is 8.01. The number of benzene rings is 2. The lowest BCUT2D eigenvalue weighted by Gasteiger charge is -2.28. The quantitative estimate of drug-likeness (QED) is 0.600. The topological polar surface area (TPSA) is 64.9 Å². The van der Waals surface area contributed by atoms with E-state index in [4.69, 9.17) is 5.26 Å². The molecule has 0 saturated carbocycles. The van der Waals surface area contributed by atoms with Gasteiger partial charge in [-0.1, -0.05) is 61.9 Å². The van der Waals surface area contributed by atoms with Crippen LogP contribution in [0.4, 0.5) is 13.2 Å². The SMILES string of the molecule is Cc1ccc(-c2cccc(C(N[C@@H](CC(C)C)C(=O)NCC#N)C(F)(F)F)c2)cc1. The molecule has 0 aliphatic heterocycles. The molecular formula is C23H26F3N3O. The summed E-state index contributed by atoms with van der Waals surface area (Å²) in [7, 11) is 0. The number of carbonyl (C=O) groups excluding carboxylic acids is 1. The first-order chi connectivity index (χ1) is 14.1. The molecule has 2 rings (SSSR count). The van der Waals surface area contributed by atoms with Crippen LogP contribution in [0.5, 0.6) is 0 Å². The number of halogens is 3. The third kappa shape index (κ3) is 6.60. The minimum Gasteiger partial charge on any atom is -0.342 e. The van der Waals surface area contributed by atoms with Gasteiger partial charge in [0, 0.05) is 0 Å². The predicted octanol–water partition coefficient (Wildman–Crippen LogP) is 4.91. The molecule has 0 spiro atoms. The molecule has 2 aromatic rings. The molecule has 0 aliphatic rings. The molecule has 0 fully saturated rings. The lowest BCUT2D eigenvalue weighted by Crippen LogP contribution is -2.49. The van der Waals surface area contributed by atoms with Crippen LogP contribution in [0.2, 0.25) is 0 Å². The number of alkyl halides is 3. The van der Waals surface area contributed by atoms with E-state index in [0.717, 1.165) is 11.1 Å². The van der Waals surface area contributed by atoms with Gasteiger partial charge in [0.25, 0.3) is 0 Å². The maximum absolute atomic E-state index is 14.0. The number of carbonyl (C=O) groups is 1. The summed E-state index contributed by atoms with van der Waals surface area (Å²) >= 11 is 0. The Bertz CT molecular complexity index is 886. The minimum absolute atomic E-state index is 0.0110. The van der Waals surface area contributed by atoms with Crippen molar-refractivity contribution in [2.75, 3.05) is 6.54 Å². The first-order valence-electron chi connectivity index (χ1n) is 9.76. The van der Waals surface area contributed by atoms with E-state index in [9.17, 15) is 18.0 Å². The van der Waals surface area contributed by atoms with E-state index in [2.05, 4.69) is 10.6 Å². The highest BCUT2D eigenvalue weighted by atomic mass is 19.4. The molecule has 0 aliphatic carbocycles. The molecule has 1 amide bonds. The molecule has 7 heteroatoms. The number of nitriles is 1. The molecule has 2 N–H and O–H groups in total. The highest BCUT2D eigenvalue weighted by molar-refractivity contribution is 5.82. The predicted molar refractivity (Wildman–Crippen MR) is 110 cm³/mol. The van der Waals surface area contributed by atoms with Crippen molar-refractivity contribution in [1.29, 1.82) is 5.26 Å². The fraction of sp³-hybridized carbons (Fsp3) is 0.391. The van der Waals surface area contributed by atoms with E-state index < -0.39 is 24.2 Å². The lowest BCUT2D eigenvalue weighted by molar-refractivity contribution is -0.161. The third-order valence-corrected chi connectivity index (χ3v) is 4.67. The van der Waals surface area contributed by atoms with Crippen molar-refractivity contribution < 1.29 is 18.0 Å². The number of aryl methyl sites for hydroxylation is 1. The summed E-state index contributed by atoms with van der Waals surface area (Å²) < 4.78 is 41.9. The Balaban J connectivity index is 2.37. The summed E-state index contributed by atoms with van der Waals surface area (Å²) in [6.45, 7) is 5.34. The summed E-state index contributed by atoms with van der Waals surface area (Å²) in [5.41, 5.74) is 2.57. The lowest BCUT2D eigenvalue weighted by atomic mass is 9.96. The minimum atomic E-state index is -4.60. The smallest absolute Gasteiger partial charge is 0.342 e. The number of hydrogen-bond donors (Lipinski definition) is 2. The summed E-state index contributed by atoms with van der Waals surface area (Å²) in [6.07, 6.45) is -4.39. The second kappa shape index (κ2) is 10.3. The average Bonchev–Trinajstić information content (AvgIpc) is 2.68. The van der Waals surface area contributed by atoms with Gasteiger partial charge in [0.15, 0.2) is 0 Å². The molecule has 2 atom stereocenters. The van der Waals surface area contributed by atoms with Crippen molar-refractivity contribution in [3.63, 3.8) is 0 Å². The zero-order valence-electron chi connectivity index (χ0n) is 17.3. The first kappa shape index (κ1) is 23.4. The van der Waals surface area contributed by atoms with Crippen LogP contribution in [0.3, 0.4) is 0 Å². The fourth-order valence-corrected chi connectivity index (χ4v) is 3.20. The van der Waals surface area contributed by atoms with Crippen LogP contribution < -0.4 is 10.6 Å². The van der Waals surface area contributed by atoms with Crippen molar-refractivity contribution >= 4 is 5.91 Å². The van der Waals surface area contributed by atoms with Crippen molar-refractivity contribution in [2.24, 2.45) is 5.92 Å². The van der Waals surface area contributed by atoms with Crippen molar-refractivity contribution in [3.8, 4) is 17.2 Å². The second-order valence-electron chi connectivity index (χ2n) is 7.69. The Hall–Kier alpha value is -2.85. The number of rotatable bonds is 8. The van der Waals surface area contributed by atoms with E-state index in [-0.39, 0.29) is 24.4 Å². The molecule has 0 aromatic heterocycles. The van der Waals surface area contributed by atoms with Crippen molar-refractivity contribution in [3.05, 3.63) is 59.7 Å². The van der Waals surface area contributed by atoms with Crippen LogP contribution in [0.15, 0.2) is 48.5 Å². The Morgan fingerprint density at radius 1 is 1.10 bits per heavy atom. The van der Waals surface area contributed by atoms with Crippen LogP contribution in [0, 0.1) is 24.2 Å². The highest BCUT2D eigenvalue weighted by Gasteiger charge is 2.43. The van der Waals surface area contributed by atoms with E-state index >= 15 is 0 Å². The van der Waals surface area contributed by atoms with Gasteiger partial charge in [-0.05, 0) is 42.0 Å². The molecule has 0 radical (unpaired) electrons. The van der Waals surface area contributed by atoms with E-state index in [0.29, 0.717) is 5.56 Å². The highest BCUT2D eigenvalue weighted by Crippen LogP contribution is 2.35. The summed E-state index contributed by atoms with van der Waals surface area (Å²) in [5, 5.41) is 13.5. The van der Waals surface area contributed by atoms with Crippen LogP contribution >= 0.6 is 0 Å². The molecule has 0 saturated heterocycles. The normalized spacial score (nSPS) is 13.5. The van der Waals surface area contributed by atoms with E-state index in [1.807, 2.05) is 45.0 Å². The van der Waals surface area contributed by atoms with Gasteiger partial charge in [-0.3, -0.25) is 10.1 Å². The van der Waals surface area contributed by atoms with Gasteiger partial charge in [-0.25, -0.2) is 0 Å². The number of amides is 1. The zero-order chi connectivity index (χ0) is 22.3. The molecule has 160 valence electrons. The van der Waals surface area contributed by atoms with Crippen LogP contribution in [0.1, 0.15) is 37.4 Å². The summed E-state index contributed by atoms with van der Waals surface area (Å²) in [6, 6.07) is 12.4. The molecule has 0 bridgehead atoms. The van der Waals surface area contributed by atoms with Crippen LogP contribution in [-0.2, 0) is 4.79 Å². The molecule has 0 heterocycles. The summed E-state index contributed by atoms with van der Waals surface area (Å²) in [5.74, 6) is -0.627. The average molecular weight is 417 g/mol. The number of nitrogens with one attached hydrogen (secondary N) is 2. The number of hydrogen-bond acceptors (Lipinski definition) is 3. The largest absolute Gasteiger partial charge is 0.407 e. The van der Waals surface area contributed by atoms with Crippen molar-refractivity contribution in [1.82, 2.24) is 10.6 Å². The molecule has 30 heavy (non-hydrogen) atoms. The van der Waals surface area contributed by atoms with Gasteiger partial charge >= 0.3 is 6.18 Å². The Morgan fingerprint density at radius 3 is 2.33 bits per heavy atom. The molecule has 1 unspecified atom stereocenters. The van der Waals surface area contributed by atoms with E-state index in [1.54, 1.807) is 18.2 Å². The summed E-state index contributed by atoms with van der Waals surface area (Å²) in [4.78, 5) is 12.4. The molecule has 4 nitrogen and oxygen atoms in total. The van der Waals surface area contributed by atoms with E-state index in [1.165, 1.54) is 12.1 Å². The van der Waals surface area contributed by atoms with Gasteiger partial charge in [0.1, 0.15) is 12.6 Å². The fourth-order valence-electron chi connectivity index (χ4n) is 3.20. The van der Waals surface area contributed by atoms with Crippen LogP contribution in [0.25, 0.3) is 11.1 Å². The number of nitrogens with zero attached hydrogens (tertiary/aromatic N) is 1. The monoisotopic (exact) mass is 417 g/mol. The molecule has 2 aromatic carbocycles.